The van der Waals surface area contributed by atoms with Crippen LogP contribution in [-0.2, 0) is 11.3 Å². The SMILES string of the molecule is COCCNCc1cnc(N2CCN(C)C(C)(C)C2)s1. The molecule has 0 atom stereocenters. The van der Waals surface area contributed by atoms with Gasteiger partial charge in [-0.25, -0.2) is 4.98 Å². The number of hydrogen-bond donors (Lipinski definition) is 1. The molecule has 114 valence electrons. The predicted octanol–water partition coefficient (Wildman–Crippen LogP) is 1.41. The van der Waals surface area contributed by atoms with E-state index in [0.29, 0.717) is 0 Å². The van der Waals surface area contributed by atoms with Crippen molar-refractivity contribution >= 4 is 16.5 Å². The number of hydrogen-bond acceptors (Lipinski definition) is 6. The Balaban J connectivity index is 1.89. The van der Waals surface area contributed by atoms with Crippen LogP contribution in [0, 0.1) is 0 Å². The summed E-state index contributed by atoms with van der Waals surface area (Å²) < 4.78 is 5.03. The predicted molar refractivity (Wildman–Crippen MR) is 84.6 cm³/mol. The Morgan fingerprint density at radius 3 is 2.95 bits per heavy atom. The smallest absolute Gasteiger partial charge is 0.185 e. The first kappa shape index (κ1) is 15.7. The summed E-state index contributed by atoms with van der Waals surface area (Å²) in [5.74, 6) is 0. The number of anilines is 1. The van der Waals surface area contributed by atoms with Gasteiger partial charge in [0.15, 0.2) is 5.13 Å². The molecule has 2 rings (SSSR count). The Bertz CT molecular complexity index is 421. The van der Waals surface area contributed by atoms with Crippen molar-refractivity contribution in [2.45, 2.75) is 25.9 Å². The Morgan fingerprint density at radius 2 is 2.25 bits per heavy atom. The monoisotopic (exact) mass is 298 g/mol. The summed E-state index contributed by atoms with van der Waals surface area (Å²) in [6.07, 6.45) is 1.99. The number of aromatic nitrogens is 1. The van der Waals surface area contributed by atoms with Gasteiger partial charge in [0.2, 0.25) is 0 Å². The Kier molecular flexibility index (Phi) is 5.37. The lowest BCUT2D eigenvalue weighted by molar-refractivity contribution is 0.139. The first-order valence-electron chi connectivity index (χ1n) is 7.13. The number of thiazole rings is 1. The van der Waals surface area contributed by atoms with Gasteiger partial charge in [-0.05, 0) is 20.9 Å². The summed E-state index contributed by atoms with van der Waals surface area (Å²) in [5.41, 5.74) is 0.209. The van der Waals surface area contributed by atoms with Crippen LogP contribution in [0.1, 0.15) is 18.7 Å². The third-order valence-electron chi connectivity index (χ3n) is 3.91. The number of nitrogens with one attached hydrogen (secondary N) is 1. The highest BCUT2D eigenvalue weighted by Gasteiger charge is 2.32. The van der Waals surface area contributed by atoms with Crippen LogP contribution >= 0.6 is 11.3 Å². The van der Waals surface area contributed by atoms with Gasteiger partial charge >= 0.3 is 0 Å². The first-order valence-corrected chi connectivity index (χ1v) is 7.95. The second kappa shape index (κ2) is 6.85. The Labute approximate surface area is 125 Å². The zero-order chi connectivity index (χ0) is 14.6. The van der Waals surface area contributed by atoms with Crippen molar-refractivity contribution in [3.8, 4) is 0 Å². The lowest BCUT2D eigenvalue weighted by atomic mass is 10.0. The first-order chi connectivity index (χ1) is 9.53. The van der Waals surface area contributed by atoms with Crippen molar-refractivity contribution < 1.29 is 4.74 Å². The number of rotatable bonds is 6. The fourth-order valence-electron chi connectivity index (χ4n) is 2.31. The van der Waals surface area contributed by atoms with Gasteiger partial charge in [0.25, 0.3) is 0 Å². The molecule has 1 aliphatic rings. The summed E-state index contributed by atoms with van der Waals surface area (Å²) in [7, 11) is 3.92. The largest absolute Gasteiger partial charge is 0.383 e. The van der Waals surface area contributed by atoms with Crippen molar-refractivity contribution in [1.29, 1.82) is 0 Å². The molecule has 0 amide bonds. The molecule has 6 heteroatoms. The van der Waals surface area contributed by atoms with E-state index in [9.17, 15) is 0 Å². The third-order valence-corrected chi connectivity index (χ3v) is 4.97. The molecule has 0 radical (unpaired) electrons. The minimum absolute atomic E-state index is 0.209. The maximum atomic E-state index is 5.03. The summed E-state index contributed by atoms with van der Waals surface area (Å²) in [5, 5.41) is 4.51. The van der Waals surface area contributed by atoms with Crippen LogP contribution < -0.4 is 10.2 Å². The van der Waals surface area contributed by atoms with E-state index in [0.717, 1.165) is 44.5 Å². The van der Waals surface area contributed by atoms with Gasteiger partial charge in [-0.1, -0.05) is 0 Å². The fourth-order valence-corrected chi connectivity index (χ4v) is 3.22. The molecule has 1 N–H and O–H groups in total. The summed E-state index contributed by atoms with van der Waals surface area (Å²) in [6.45, 7) is 10.3. The molecule has 5 nitrogen and oxygen atoms in total. The van der Waals surface area contributed by atoms with Crippen LogP contribution in [0.3, 0.4) is 0 Å². The summed E-state index contributed by atoms with van der Waals surface area (Å²) >= 11 is 1.79. The van der Waals surface area contributed by atoms with Crippen molar-refractivity contribution in [2.24, 2.45) is 0 Å². The highest BCUT2D eigenvalue weighted by atomic mass is 32.1. The second-order valence-electron chi connectivity index (χ2n) is 5.93. The molecule has 1 aromatic rings. The maximum Gasteiger partial charge on any atom is 0.185 e. The Hall–Kier alpha value is -0.690. The normalized spacial score (nSPS) is 19.5. The van der Waals surface area contributed by atoms with Gasteiger partial charge in [0.1, 0.15) is 0 Å². The molecule has 20 heavy (non-hydrogen) atoms. The van der Waals surface area contributed by atoms with Crippen LogP contribution in [0.2, 0.25) is 0 Å². The molecule has 0 aliphatic carbocycles. The molecule has 1 aliphatic heterocycles. The lowest BCUT2D eigenvalue weighted by Gasteiger charge is -2.45. The zero-order valence-corrected chi connectivity index (χ0v) is 13.8. The van der Waals surface area contributed by atoms with Crippen LogP contribution in [0.5, 0.6) is 0 Å². The summed E-state index contributed by atoms with van der Waals surface area (Å²) in [6, 6.07) is 0. The van der Waals surface area contributed by atoms with Crippen LogP contribution in [0.4, 0.5) is 5.13 Å². The quantitative estimate of drug-likeness (QED) is 0.804. The molecular weight excluding hydrogens is 272 g/mol. The van der Waals surface area contributed by atoms with E-state index in [-0.39, 0.29) is 5.54 Å². The van der Waals surface area contributed by atoms with Crippen molar-refractivity contribution in [3.63, 3.8) is 0 Å². The standard InChI is InChI=1S/C14H26N4OS/c1-14(2)11-18(7-6-17(14)3)13-16-10-12(20-13)9-15-5-8-19-4/h10,15H,5-9,11H2,1-4H3. The van der Waals surface area contributed by atoms with Gasteiger partial charge in [0, 0.05) is 56.4 Å². The molecule has 0 aromatic carbocycles. The van der Waals surface area contributed by atoms with Gasteiger partial charge in [-0.3, -0.25) is 4.90 Å². The molecule has 0 spiro atoms. The van der Waals surface area contributed by atoms with E-state index in [1.165, 1.54) is 4.88 Å². The Morgan fingerprint density at radius 1 is 1.45 bits per heavy atom. The van der Waals surface area contributed by atoms with E-state index in [4.69, 9.17) is 4.74 Å². The van der Waals surface area contributed by atoms with Gasteiger partial charge < -0.3 is 15.0 Å². The average molecular weight is 298 g/mol. The molecule has 0 saturated carbocycles. The molecule has 1 fully saturated rings. The third kappa shape index (κ3) is 3.91. The van der Waals surface area contributed by atoms with Crippen LogP contribution in [0.15, 0.2) is 6.20 Å². The van der Waals surface area contributed by atoms with Crippen LogP contribution in [0.25, 0.3) is 0 Å². The van der Waals surface area contributed by atoms with E-state index in [1.807, 2.05) is 6.20 Å². The van der Waals surface area contributed by atoms with Crippen molar-refractivity contribution in [2.75, 3.05) is 51.8 Å². The number of nitrogens with zero attached hydrogens (tertiary/aromatic N) is 3. The van der Waals surface area contributed by atoms with Gasteiger partial charge in [-0.2, -0.15) is 0 Å². The summed E-state index contributed by atoms with van der Waals surface area (Å²) in [4.78, 5) is 10.7. The molecule has 1 saturated heterocycles. The second-order valence-corrected chi connectivity index (χ2v) is 7.03. The number of ether oxygens (including phenoxy) is 1. The molecule has 2 heterocycles. The zero-order valence-electron chi connectivity index (χ0n) is 13.0. The van der Waals surface area contributed by atoms with E-state index in [2.05, 4.69) is 41.0 Å². The minimum Gasteiger partial charge on any atom is -0.383 e. The van der Waals surface area contributed by atoms with Gasteiger partial charge in [0.05, 0.1) is 6.61 Å². The topological polar surface area (TPSA) is 40.6 Å². The molecule has 1 aromatic heterocycles. The highest BCUT2D eigenvalue weighted by Crippen LogP contribution is 2.27. The van der Waals surface area contributed by atoms with Crippen molar-refractivity contribution in [1.82, 2.24) is 15.2 Å². The highest BCUT2D eigenvalue weighted by molar-refractivity contribution is 7.15. The fraction of sp³-hybridized carbons (Fsp3) is 0.786. The number of piperazine rings is 1. The van der Waals surface area contributed by atoms with E-state index >= 15 is 0 Å². The van der Waals surface area contributed by atoms with Gasteiger partial charge in [-0.15, -0.1) is 11.3 Å². The van der Waals surface area contributed by atoms with E-state index in [1.54, 1.807) is 18.4 Å². The maximum absolute atomic E-state index is 5.03. The number of likely N-dealkylation sites (N-methyl/N-ethyl adjacent to an activating group) is 1. The molecular formula is C14H26N4OS. The minimum atomic E-state index is 0.209. The van der Waals surface area contributed by atoms with E-state index < -0.39 is 0 Å². The van der Waals surface area contributed by atoms with Crippen LogP contribution in [-0.4, -0.2) is 62.4 Å². The van der Waals surface area contributed by atoms with Crippen molar-refractivity contribution in [3.05, 3.63) is 11.1 Å². The average Bonchev–Trinajstić information content (AvgIpc) is 2.87. The molecule has 0 unspecified atom stereocenters. The number of methoxy groups -OCH3 is 1. The lowest BCUT2D eigenvalue weighted by Crippen LogP contribution is -2.57. The molecule has 0 bridgehead atoms.